The van der Waals surface area contributed by atoms with Crippen molar-refractivity contribution in [3.63, 3.8) is 0 Å². The predicted octanol–water partition coefficient (Wildman–Crippen LogP) is 0.625. The second-order valence-electron chi connectivity index (χ2n) is 4.76. The van der Waals surface area contributed by atoms with Crippen LogP contribution in [0.15, 0.2) is 0 Å². The molecule has 0 spiro atoms. The maximum Gasteiger partial charge on any atom is 0.222 e. The van der Waals surface area contributed by atoms with Gasteiger partial charge in [-0.05, 0) is 38.3 Å². The molecule has 2 saturated heterocycles. The van der Waals surface area contributed by atoms with Gasteiger partial charge in [0.1, 0.15) is 0 Å². The van der Waals surface area contributed by atoms with Gasteiger partial charge < -0.3 is 15.0 Å². The lowest BCUT2D eigenvalue weighted by molar-refractivity contribution is -0.132. The van der Waals surface area contributed by atoms with Crippen LogP contribution in [0.1, 0.15) is 25.7 Å². The van der Waals surface area contributed by atoms with E-state index >= 15 is 0 Å². The molecule has 0 aromatic rings. The highest BCUT2D eigenvalue weighted by Gasteiger charge is 2.21. The van der Waals surface area contributed by atoms with Crippen molar-refractivity contribution in [3.05, 3.63) is 0 Å². The van der Waals surface area contributed by atoms with Crippen LogP contribution in [0.5, 0.6) is 0 Å². The molecule has 16 heavy (non-hydrogen) atoms. The summed E-state index contributed by atoms with van der Waals surface area (Å²) in [6.07, 6.45) is 4.10. The number of rotatable bonds is 2. The number of hydrogen-bond acceptors (Lipinski definition) is 3. The second-order valence-corrected chi connectivity index (χ2v) is 4.76. The first-order valence-electron chi connectivity index (χ1n) is 6.42. The zero-order valence-corrected chi connectivity index (χ0v) is 9.91. The molecule has 4 heteroatoms. The number of carbonyl (C=O) groups is 1. The molecule has 2 rings (SSSR count). The molecule has 1 unspecified atom stereocenters. The molecule has 2 heterocycles. The lowest BCUT2D eigenvalue weighted by Gasteiger charge is -2.26. The summed E-state index contributed by atoms with van der Waals surface area (Å²) in [7, 11) is 0. The fourth-order valence-corrected chi connectivity index (χ4v) is 2.47. The molecule has 2 aliphatic rings. The first-order valence-corrected chi connectivity index (χ1v) is 6.42. The molecular weight excluding hydrogens is 204 g/mol. The number of ether oxygens (including phenoxy) is 1. The lowest BCUT2D eigenvalue weighted by Crippen LogP contribution is -2.37. The Labute approximate surface area is 97.3 Å². The molecule has 0 aromatic heterocycles. The Hall–Kier alpha value is -0.610. The third kappa shape index (κ3) is 3.46. The van der Waals surface area contributed by atoms with E-state index in [9.17, 15) is 4.79 Å². The van der Waals surface area contributed by atoms with Gasteiger partial charge in [0.05, 0.1) is 6.61 Å². The largest absolute Gasteiger partial charge is 0.380 e. The number of carbonyl (C=O) groups excluding carboxylic acids is 1. The molecule has 1 atom stereocenters. The van der Waals surface area contributed by atoms with E-state index in [1.54, 1.807) is 0 Å². The van der Waals surface area contributed by atoms with Gasteiger partial charge in [0.25, 0.3) is 0 Å². The number of piperidine rings is 1. The van der Waals surface area contributed by atoms with Gasteiger partial charge in [-0.1, -0.05) is 0 Å². The normalized spacial score (nSPS) is 27.5. The quantitative estimate of drug-likeness (QED) is 0.750. The summed E-state index contributed by atoms with van der Waals surface area (Å²) in [6, 6.07) is 0. The molecule has 0 radical (unpaired) electrons. The van der Waals surface area contributed by atoms with E-state index in [4.69, 9.17) is 4.74 Å². The van der Waals surface area contributed by atoms with Crippen LogP contribution in [0.2, 0.25) is 0 Å². The van der Waals surface area contributed by atoms with E-state index in [0.717, 1.165) is 39.2 Å². The summed E-state index contributed by atoms with van der Waals surface area (Å²) in [5.74, 6) is 0.865. The monoisotopic (exact) mass is 226 g/mol. The lowest BCUT2D eigenvalue weighted by atomic mass is 9.95. The van der Waals surface area contributed by atoms with Gasteiger partial charge in [0.2, 0.25) is 5.91 Å². The SMILES string of the molecule is O=C(CC1CCCNC1)N1CCCOCC1. The molecule has 0 saturated carbocycles. The number of nitrogens with zero attached hydrogens (tertiary/aromatic N) is 1. The first-order chi connectivity index (χ1) is 7.86. The Morgan fingerprint density at radius 3 is 3.06 bits per heavy atom. The zero-order chi connectivity index (χ0) is 11.2. The highest BCUT2D eigenvalue weighted by molar-refractivity contribution is 5.76. The predicted molar refractivity (Wildman–Crippen MR) is 62.2 cm³/mol. The van der Waals surface area contributed by atoms with Crippen LogP contribution in [-0.2, 0) is 9.53 Å². The van der Waals surface area contributed by atoms with Crippen molar-refractivity contribution in [2.45, 2.75) is 25.7 Å². The molecule has 2 fully saturated rings. The molecule has 0 bridgehead atoms. The highest BCUT2D eigenvalue weighted by Crippen LogP contribution is 2.15. The second kappa shape index (κ2) is 6.21. The topological polar surface area (TPSA) is 41.6 Å². The van der Waals surface area contributed by atoms with Crippen LogP contribution in [-0.4, -0.2) is 50.2 Å². The molecular formula is C12H22N2O2. The first kappa shape index (κ1) is 11.9. The van der Waals surface area contributed by atoms with Crippen molar-refractivity contribution in [3.8, 4) is 0 Å². The minimum atomic E-state index is 0.319. The molecule has 92 valence electrons. The van der Waals surface area contributed by atoms with Gasteiger partial charge in [-0.3, -0.25) is 4.79 Å². The van der Waals surface area contributed by atoms with Crippen molar-refractivity contribution in [2.75, 3.05) is 39.4 Å². The maximum absolute atomic E-state index is 12.1. The summed E-state index contributed by atoms with van der Waals surface area (Å²) in [5.41, 5.74) is 0. The van der Waals surface area contributed by atoms with Gasteiger partial charge in [-0.2, -0.15) is 0 Å². The van der Waals surface area contributed by atoms with Crippen LogP contribution >= 0.6 is 0 Å². The summed E-state index contributed by atoms with van der Waals surface area (Å²) in [6.45, 7) is 5.28. The van der Waals surface area contributed by atoms with Crippen molar-refractivity contribution in [1.82, 2.24) is 10.2 Å². The van der Waals surface area contributed by atoms with Gasteiger partial charge in [0, 0.05) is 26.1 Å². The smallest absolute Gasteiger partial charge is 0.222 e. The van der Waals surface area contributed by atoms with Crippen molar-refractivity contribution >= 4 is 5.91 Å². The van der Waals surface area contributed by atoms with E-state index in [2.05, 4.69) is 5.32 Å². The summed E-state index contributed by atoms with van der Waals surface area (Å²) in [4.78, 5) is 14.0. The molecule has 4 nitrogen and oxygen atoms in total. The van der Waals surface area contributed by atoms with Crippen LogP contribution < -0.4 is 5.32 Å². The van der Waals surface area contributed by atoms with Crippen molar-refractivity contribution in [1.29, 1.82) is 0 Å². The van der Waals surface area contributed by atoms with E-state index in [0.29, 0.717) is 24.9 Å². The summed E-state index contributed by atoms with van der Waals surface area (Å²) in [5, 5.41) is 3.36. The van der Waals surface area contributed by atoms with Crippen molar-refractivity contribution < 1.29 is 9.53 Å². The Kier molecular flexibility index (Phi) is 4.60. The van der Waals surface area contributed by atoms with Crippen LogP contribution in [0.25, 0.3) is 0 Å². The van der Waals surface area contributed by atoms with Gasteiger partial charge in [0.15, 0.2) is 0 Å². The number of hydrogen-bond donors (Lipinski definition) is 1. The standard InChI is InChI=1S/C12H22N2O2/c15-12(9-11-3-1-4-13-10-11)14-5-2-7-16-8-6-14/h11,13H,1-10H2. The van der Waals surface area contributed by atoms with E-state index in [-0.39, 0.29) is 0 Å². The van der Waals surface area contributed by atoms with E-state index < -0.39 is 0 Å². The fraction of sp³-hybridized carbons (Fsp3) is 0.917. The van der Waals surface area contributed by atoms with Gasteiger partial charge >= 0.3 is 0 Å². The molecule has 1 amide bonds. The fourth-order valence-electron chi connectivity index (χ4n) is 2.47. The zero-order valence-electron chi connectivity index (χ0n) is 9.91. The third-order valence-corrected chi connectivity index (χ3v) is 3.44. The Bertz CT molecular complexity index is 219. The van der Waals surface area contributed by atoms with Crippen molar-refractivity contribution in [2.24, 2.45) is 5.92 Å². The Balaban J connectivity index is 1.76. The average molecular weight is 226 g/mol. The van der Waals surface area contributed by atoms with Gasteiger partial charge in [-0.15, -0.1) is 0 Å². The van der Waals surface area contributed by atoms with E-state index in [1.165, 1.54) is 12.8 Å². The minimum Gasteiger partial charge on any atom is -0.380 e. The maximum atomic E-state index is 12.1. The summed E-state index contributed by atoms with van der Waals surface area (Å²) >= 11 is 0. The van der Waals surface area contributed by atoms with E-state index in [1.807, 2.05) is 4.90 Å². The average Bonchev–Trinajstić information content (AvgIpc) is 2.59. The Morgan fingerprint density at radius 1 is 1.31 bits per heavy atom. The van der Waals surface area contributed by atoms with Crippen LogP contribution in [0, 0.1) is 5.92 Å². The molecule has 1 N–H and O–H groups in total. The minimum absolute atomic E-state index is 0.319. The highest BCUT2D eigenvalue weighted by atomic mass is 16.5. The van der Waals surface area contributed by atoms with Gasteiger partial charge in [-0.25, -0.2) is 0 Å². The molecule has 0 aliphatic carbocycles. The third-order valence-electron chi connectivity index (χ3n) is 3.44. The summed E-state index contributed by atoms with van der Waals surface area (Å²) < 4.78 is 5.36. The molecule has 2 aliphatic heterocycles. The molecule has 0 aromatic carbocycles. The number of nitrogens with one attached hydrogen (secondary N) is 1. The van der Waals surface area contributed by atoms with Crippen LogP contribution in [0.4, 0.5) is 0 Å². The number of amides is 1. The Morgan fingerprint density at radius 2 is 2.25 bits per heavy atom. The van der Waals surface area contributed by atoms with Crippen LogP contribution in [0.3, 0.4) is 0 Å².